The van der Waals surface area contributed by atoms with E-state index in [1.807, 2.05) is 43.1 Å². The van der Waals surface area contributed by atoms with Gasteiger partial charge in [-0.2, -0.15) is 0 Å². The van der Waals surface area contributed by atoms with Gasteiger partial charge in [-0.15, -0.1) is 0 Å². The van der Waals surface area contributed by atoms with Crippen molar-refractivity contribution in [2.24, 2.45) is 5.92 Å². The smallest absolute Gasteiger partial charge is 0.227 e. The molecule has 104 valence electrons. The largest absolute Gasteiger partial charge is 0.339 e. The molecule has 0 saturated carbocycles. The Bertz CT molecular complexity index is 444. The number of carbonyl (C=O) groups is 1. The number of nitrogens with one attached hydrogen (secondary N) is 1. The summed E-state index contributed by atoms with van der Waals surface area (Å²) in [6.07, 6.45) is 2.05. The number of rotatable bonds is 3. The van der Waals surface area contributed by atoms with Crippen molar-refractivity contribution in [3.05, 3.63) is 34.9 Å². The molecule has 2 atom stereocenters. The highest BCUT2D eigenvalue weighted by atomic mass is 35.5. The van der Waals surface area contributed by atoms with Crippen LogP contribution in [0.2, 0.25) is 5.02 Å². The number of hydrogen-bond donors (Lipinski definition) is 1. The van der Waals surface area contributed by atoms with Crippen molar-refractivity contribution >= 4 is 17.5 Å². The van der Waals surface area contributed by atoms with E-state index in [1.165, 1.54) is 0 Å². The minimum Gasteiger partial charge on any atom is -0.339 e. The van der Waals surface area contributed by atoms with Gasteiger partial charge in [-0.05, 0) is 37.9 Å². The molecule has 0 aliphatic carbocycles. The molecule has 1 fully saturated rings. The molecular formula is C15H21ClN2O. The molecule has 1 amide bonds. The number of hydrogen-bond acceptors (Lipinski definition) is 2. The molecule has 0 spiro atoms. The fraction of sp³-hybridized carbons (Fsp3) is 0.533. The van der Waals surface area contributed by atoms with Crippen LogP contribution in [-0.2, 0) is 4.79 Å². The first kappa shape index (κ1) is 14.4. The summed E-state index contributed by atoms with van der Waals surface area (Å²) in [6.45, 7) is 3.83. The molecule has 1 aromatic rings. The molecule has 1 aromatic carbocycles. The average molecular weight is 281 g/mol. The first-order valence-corrected chi connectivity index (χ1v) is 7.21. The van der Waals surface area contributed by atoms with Gasteiger partial charge in [0.2, 0.25) is 5.91 Å². The van der Waals surface area contributed by atoms with Crippen LogP contribution in [0.15, 0.2) is 24.3 Å². The fourth-order valence-electron chi connectivity index (χ4n) is 2.56. The number of halogens is 1. The Kier molecular flexibility index (Phi) is 4.83. The van der Waals surface area contributed by atoms with Crippen molar-refractivity contribution in [3.8, 4) is 0 Å². The molecule has 2 rings (SSSR count). The predicted octanol–water partition coefficient (Wildman–Crippen LogP) is 2.86. The molecule has 1 aliphatic heterocycles. The molecule has 0 radical (unpaired) electrons. The van der Waals surface area contributed by atoms with Gasteiger partial charge in [0.1, 0.15) is 0 Å². The summed E-state index contributed by atoms with van der Waals surface area (Å²) in [7, 11) is 1.87. The van der Waals surface area contributed by atoms with Crippen LogP contribution in [0.4, 0.5) is 0 Å². The number of carbonyl (C=O) groups excluding carboxylic acids is 1. The second-order valence-electron chi connectivity index (χ2n) is 5.19. The quantitative estimate of drug-likeness (QED) is 0.923. The third kappa shape index (κ3) is 3.28. The van der Waals surface area contributed by atoms with Gasteiger partial charge < -0.3 is 10.2 Å². The lowest BCUT2D eigenvalue weighted by Crippen LogP contribution is -2.42. The molecule has 1 N–H and O–H groups in total. The Morgan fingerprint density at radius 3 is 2.84 bits per heavy atom. The Morgan fingerprint density at radius 2 is 2.21 bits per heavy atom. The molecule has 0 bridgehead atoms. The van der Waals surface area contributed by atoms with E-state index in [-0.39, 0.29) is 17.9 Å². The van der Waals surface area contributed by atoms with Gasteiger partial charge in [0.05, 0.1) is 12.0 Å². The molecule has 4 heteroatoms. The van der Waals surface area contributed by atoms with Gasteiger partial charge in [-0.3, -0.25) is 4.79 Å². The van der Waals surface area contributed by atoms with E-state index in [1.54, 1.807) is 0 Å². The maximum atomic E-state index is 12.5. The first-order chi connectivity index (χ1) is 9.11. The van der Waals surface area contributed by atoms with E-state index >= 15 is 0 Å². The van der Waals surface area contributed by atoms with Crippen molar-refractivity contribution in [2.75, 3.05) is 20.1 Å². The second-order valence-corrected chi connectivity index (χ2v) is 5.60. The number of benzene rings is 1. The lowest BCUT2D eigenvalue weighted by atomic mass is 9.97. The predicted molar refractivity (Wildman–Crippen MR) is 78.2 cm³/mol. The van der Waals surface area contributed by atoms with Gasteiger partial charge in [0, 0.05) is 18.6 Å². The molecule has 1 heterocycles. The molecule has 1 saturated heterocycles. The van der Waals surface area contributed by atoms with Crippen LogP contribution >= 0.6 is 11.6 Å². The van der Waals surface area contributed by atoms with Gasteiger partial charge in [0.15, 0.2) is 0 Å². The van der Waals surface area contributed by atoms with Crippen molar-refractivity contribution < 1.29 is 4.79 Å². The van der Waals surface area contributed by atoms with Crippen molar-refractivity contribution in [3.63, 3.8) is 0 Å². The number of nitrogens with zero attached hydrogens (tertiary/aromatic N) is 1. The van der Waals surface area contributed by atoms with E-state index in [4.69, 9.17) is 11.6 Å². The molecule has 1 unspecified atom stereocenters. The summed E-state index contributed by atoms with van der Waals surface area (Å²) in [5, 5.41) is 4.01. The summed E-state index contributed by atoms with van der Waals surface area (Å²) in [6, 6.07) is 7.72. The third-order valence-corrected chi connectivity index (χ3v) is 4.27. The van der Waals surface area contributed by atoms with E-state index in [2.05, 4.69) is 5.32 Å². The van der Waals surface area contributed by atoms with E-state index in [9.17, 15) is 4.79 Å². The van der Waals surface area contributed by atoms with Crippen molar-refractivity contribution in [1.82, 2.24) is 10.2 Å². The van der Waals surface area contributed by atoms with Crippen molar-refractivity contribution in [1.29, 1.82) is 0 Å². The molecule has 0 aromatic heterocycles. The van der Waals surface area contributed by atoms with Crippen molar-refractivity contribution in [2.45, 2.75) is 25.8 Å². The van der Waals surface area contributed by atoms with Gasteiger partial charge in [0.25, 0.3) is 0 Å². The maximum Gasteiger partial charge on any atom is 0.227 e. The Morgan fingerprint density at radius 1 is 1.47 bits per heavy atom. The van der Waals surface area contributed by atoms with E-state index in [0.29, 0.717) is 0 Å². The highest BCUT2D eigenvalue weighted by molar-refractivity contribution is 6.31. The average Bonchev–Trinajstić information content (AvgIpc) is 2.46. The normalized spacial score (nSPS) is 20.9. The zero-order valence-corrected chi connectivity index (χ0v) is 12.3. The summed E-state index contributed by atoms with van der Waals surface area (Å²) in [4.78, 5) is 14.3. The Labute approximate surface area is 119 Å². The highest BCUT2D eigenvalue weighted by Crippen LogP contribution is 2.27. The lowest BCUT2D eigenvalue weighted by Gasteiger charge is -2.31. The summed E-state index contributed by atoms with van der Waals surface area (Å²) >= 11 is 6.20. The topological polar surface area (TPSA) is 32.3 Å². The van der Waals surface area contributed by atoms with Crippen LogP contribution in [0, 0.1) is 5.92 Å². The third-order valence-electron chi connectivity index (χ3n) is 3.93. The van der Waals surface area contributed by atoms with E-state index in [0.717, 1.165) is 36.5 Å². The molecule has 19 heavy (non-hydrogen) atoms. The summed E-state index contributed by atoms with van der Waals surface area (Å²) in [5.41, 5.74) is 1.00. The summed E-state index contributed by atoms with van der Waals surface area (Å²) in [5.74, 6) is 0.309. The maximum absolute atomic E-state index is 12.5. The van der Waals surface area contributed by atoms with Crippen LogP contribution in [0.25, 0.3) is 0 Å². The Hall–Kier alpha value is -1.06. The minimum absolute atomic E-state index is 0.00289. The fourth-order valence-corrected chi connectivity index (χ4v) is 2.86. The molecule has 1 aliphatic rings. The SMILES string of the molecule is CC(c1ccccc1Cl)N(C)C(=O)[C@@H]1CCCNC1. The monoisotopic (exact) mass is 280 g/mol. The Balaban J connectivity index is 2.08. The number of amides is 1. The van der Waals surface area contributed by atoms with Crippen LogP contribution in [0.1, 0.15) is 31.4 Å². The van der Waals surface area contributed by atoms with Crippen LogP contribution < -0.4 is 5.32 Å². The standard InChI is InChI=1S/C15H21ClN2O/c1-11(13-7-3-4-8-14(13)16)18(2)15(19)12-6-5-9-17-10-12/h3-4,7-8,11-12,17H,5-6,9-10H2,1-2H3/t11?,12-/m1/s1. The number of piperidine rings is 1. The second kappa shape index (κ2) is 6.40. The molecular weight excluding hydrogens is 260 g/mol. The van der Waals surface area contributed by atoms with E-state index < -0.39 is 0 Å². The zero-order chi connectivity index (χ0) is 13.8. The van der Waals surface area contributed by atoms with Gasteiger partial charge >= 0.3 is 0 Å². The minimum atomic E-state index is 0.00289. The highest BCUT2D eigenvalue weighted by Gasteiger charge is 2.27. The van der Waals surface area contributed by atoms with Gasteiger partial charge in [-0.1, -0.05) is 29.8 Å². The molecule has 3 nitrogen and oxygen atoms in total. The zero-order valence-electron chi connectivity index (χ0n) is 11.5. The lowest BCUT2D eigenvalue weighted by molar-refractivity contribution is -0.136. The van der Waals surface area contributed by atoms with Crippen LogP contribution in [-0.4, -0.2) is 30.9 Å². The first-order valence-electron chi connectivity index (χ1n) is 6.83. The summed E-state index contributed by atoms with van der Waals surface area (Å²) < 4.78 is 0. The van der Waals surface area contributed by atoms with Crippen LogP contribution in [0.5, 0.6) is 0 Å². The van der Waals surface area contributed by atoms with Gasteiger partial charge in [-0.25, -0.2) is 0 Å². The van der Waals surface area contributed by atoms with Crippen LogP contribution in [0.3, 0.4) is 0 Å².